The second-order valence-electron chi connectivity index (χ2n) is 3.84. The van der Waals surface area contributed by atoms with E-state index in [0.29, 0.717) is 5.78 Å². The summed E-state index contributed by atoms with van der Waals surface area (Å²) in [5.74, 6) is 0.326. The number of ether oxygens (including phenoxy) is 1. The topological polar surface area (TPSA) is 29.6 Å². The second kappa shape index (κ2) is 2.31. The average molecular weight is 154 g/mol. The fraction of sp³-hybridized carbons (Fsp3) is 0.889. The molecule has 1 saturated carbocycles. The number of Topliss-reactive ketones (excluding diaryl/α,β-unsaturated/α-hetero) is 1. The van der Waals surface area contributed by atoms with Crippen molar-refractivity contribution in [2.24, 2.45) is 0 Å². The molecule has 2 atom stereocenters. The van der Waals surface area contributed by atoms with Gasteiger partial charge in [0.15, 0.2) is 5.78 Å². The van der Waals surface area contributed by atoms with Gasteiger partial charge in [-0.1, -0.05) is 12.8 Å². The molecule has 62 valence electrons. The van der Waals surface area contributed by atoms with Crippen LogP contribution in [0.4, 0.5) is 0 Å². The minimum absolute atomic E-state index is 0.0391. The van der Waals surface area contributed by atoms with E-state index in [0.717, 1.165) is 19.3 Å². The number of carbonyl (C=O) groups excluding carboxylic acids is 1. The highest BCUT2D eigenvalue weighted by atomic mass is 16.6. The fourth-order valence-electron chi connectivity index (χ4n) is 1.91. The van der Waals surface area contributed by atoms with Crippen LogP contribution in [0.2, 0.25) is 0 Å². The highest BCUT2D eigenvalue weighted by Crippen LogP contribution is 2.43. The molecule has 0 bridgehead atoms. The van der Waals surface area contributed by atoms with Gasteiger partial charge in [0.2, 0.25) is 0 Å². The van der Waals surface area contributed by atoms with E-state index >= 15 is 0 Å². The highest BCUT2D eigenvalue weighted by molar-refractivity contribution is 5.86. The lowest BCUT2D eigenvalue weighted by Gasteiger charge is -2.08. The normalized spacial score (nSPS) is 44.1. The number of rotatable bonds is 0. The predicted molar refractivity (Wildman–Crippen MR) is 41.4 cm³/mol. The molecular weight excluding hydrogens is 140 g/mol. The van der Waals surface area contributed by atoms with Gasteiger partial charge < -0.3 is 4.74 Å². The molecule has 0 aromatic heterocycles. The van der Waals surface area contributed by atoms with Crippen LogP contribution < -0.4 is 0 Å². The summed E-state index contributed by atoms with van der Waals surface area (Å²) >= 11 is 0. The summed E-state index contributed by atoms with van der Waals surface area (Å²) < 4.78 is 5.39. The molecule has 2 nitrogen and oxygen atoms in total. The zero-order valence-corrected chi connectivity index (χ0v) is 6.93. The molecule has 2 heteroatoms. The van der Waals surface area contributed by atoms with Gasteiger partial charge in [0, 0.05) is 6.42 Å². The van der Waals surface area contributed by atoms with Crippen LogP contribution in [-0.2, 0) is 9.53 Å². The summed E-state index contributed by atoms with van der Waals surface area (Å²) in [5.41, 5.74) is -0.0580. The number of hydrogen-bond acceptors (Lipinski definition) is 2. The predicted octanol–water partition coefficient (Wildman–Crippen LogP) is 1.68. The molecular formula is C9H14O2. The maximum Gasteiger partial charge on any atom is 0.164 e. The molecule has 1 saturated heterocycles. The molecule has 11 heavy (non-hydrogen) atoms. The lowest BCUT2D eigenvalue weighted by atomic mass is 9.92. The highest BCUT2D eigenvalue weighted by Gasteiger charge is 2.55. The Hall–Kier alpha value is -0.370. The molecule has 2 aliphatic rings. The monoisotopic (exact) mass is 154 g/mol. The van der Waals surface area contributed by atoms with Crippen molar-refractivity contribution in [3.05, 3.63) is 0 Å². The van der Waals surface area contributed by atoms with Crippen LogP contribution in [-0.4, -0.2) is 17.5 Å². The van der Waals surface area contributed by atoms with Crippen LogP contribution in [0.15, 0.2) is 0 Å². The molecule has 2 fully saturated rings. The van der Waals surface area contributed by atoms with E-state index in [1.54, 1.807) is 0 Å². The Bertz CT molecular complexity index is 188. The van der Waals surface area contributed by atoms with Crippen molar-refractivity contribution in [2.75, 3.05) is 0 Å². The van der Waals surface area contributed by atoms with Gasteiger partial charge in [-0.05, 0) is 19.8 Å². The summed E-state index contributed by atoms with van der Waals surface area (Å²) in [7, 11) is 0. The van der Waals surface area contributed by atoms with Gasteiger partial charge >= 0.3 is 0 Å². The molecule has 1 heterocycles. The van der Waals surface area contributed by atoms with Gasteiger partial charge in [-0.3, -0.25) is 4.79 Å². The van der Waals surface area contributed by atoms with Crippen molar-refractivity contribution in [1.82, 2.24) is 0 Å². The summed E-state index contributed by atoms with van der Waals surface area (Å²) in [6, 6.07) is 0. The first-order chi connectivity index (χ1) is 5.22. The molecule has 0 aromatic rings. The first-order valence-corrected chi connectivity index (χ1v) is 4.43. The maximum absolute atomic E-state index is 11.3. The van der Waals surface area contributed by atoms with E-state index in [9.17, 15) is 4.79 Å². The zero-order valence-electron chi connectivity index (χ0n) is 6.93. The third-order valence-corrected chi connectivity index (χ3v) is 2.77. The van der Waals surface area contributed by atoms with E-state index in [1.165, 1.54) is 12.8 Å². The van der Waals surface area contributed by atoms with Gasteiger partial charge in [0.25, 0.3) is 0 Å². The smallest absolute Gasteiger partial charge is 0.164 e. The van der Waals surface area contributed by atoms with Gasteiger partial charge in [0.05, 0.1) is 5.60 Å². The SMILES string of the molecule is CC12CCCCCC(=O)C1O2. The third-order valence-electron chi connectivity index (χ3n) is 2.77. The lowest BCUT2D eigenvalue weighted by molar-refractivity contribution is -0.120. The second-order valence-corrected chi connectivity index (χ2v) is 3.84. The van der Waals surface area contributed by atoms with Crippen molar-refractivity contribution < 1.29 is 9.53 Å². The van der Waals surface area contributed by atoms with Gasteiger partial charge in [-0.15, -0.1) is 0 Å². The van der Waals surface area contributed by atoms with Crippen LogP contribution in [0.1, 0.15) is 39.0 Å². The Morgan fingerprint density at radius 3 is 3.09 bits per heavy atom. The number of hydrogen-bond donors (Lipinski definition) is 0. The molecule has 1 aliphatic heterocycles. The van der Waals surface area contributed by atoms with Crippen LogP contribution in [0, 0.1) is 0 Å². The van der Waals surface area contributed by atoms with E-state index < -0.39 is 0 Å². The van der Waals surface area contributed by atoms with E-state index in [-0.39, 0.29) is 11.7 Å². The van der Waals surface area contributed by atoms with Crippen LogP contribution in [0.3, 0.4) is 0 Å². The van der Waals surface area contributed by atoms with Crippen molar-refractivity contribution in [2.45, 2.75) is 50.7 Å². The summed E-state index contributed by atoms with van der Waals surface area (Å²) in [4.78, 5) is 11.3. The Balaban J connectivity index is 2.04. The number of epoxide rings is 1. The first-order valence-electron chi connectivity index (χ1n) is 4.43. The fourth-order valence-corrected chi connectivity index (χ4v) is 1.91. The minimum atomic E-state index is -0.0580. The summed E-state index contributed by atoms with van der Waals surface area (Å²) in [6.07, 6.45) is 5.25. The van der Waals surface area contributed by atoms with Gasteiger partial charge in [0.1, 0.15) is 6.10 Å². The quantitative estimate of drug-likeness (QED) is 0.497. The molecule has 0 N–H and O–H groups in total. The summed E-state index contributed by atoms with van der Waals surface area (Å²) in [5, 5.41) is 0. The van der Waals surface area contributed by atoms with E-state index in [2.05, 4.69) is 6.92 Å². The van der Waals surface area contributed by atoms with Crippen LogP contribution in [0.25, 0.3) is 0 Å². The molecule has 0 radical (unpaired) electrons. The Morgan fingerprint density at radius 2 is 2.27 bits per heavy atom. The number of carbonyl (C=O) groups is 1. The van der Waals surface area contributed by atoms with Crippen molar-refractivity contribution in [1.29, 1.82) is 0 Å². The van der Waals surface area contributed by atoms with E-state index in [1.807, 2.05) is 0 Å². The Labute approximate surface area is 66.9 Å². The molecule has 2 rings (SSSR count). The van der Waals surface area contributed by atoms with Crippen LogP contribution >= 0.6 is 0 Å². The molecule has 0 spiro atoms. The summed E-state index contributed by atoms with van der Waals surface area (Å²) in [6.45, 7) is 2.06. The van der Waals surface area contributed by atoms with Gasteiger partial charge in [-0.2, -0.15) is 0 Å². The number of fused-ring (bicyclic) bond motifs is 1. The van der Waals surface area contributed by atoms with Crippen LogP contribution in [0.5, 0.6) is 0 Å². The third kappa shape index (κ3) is 1.20. The molecule has 1 aliphatic carbocycles. The lowest BCUT2D eigenvalue weighted by Crippen LogP contribution is -2.19. The average Bonchev–Trinajstić information content (AvgIpc) is 2.59. The molecule has 0 aromatic carbocycles. The van der Waals surface area contributed by atoms with Gasteiger partial charge in [-0.25, -0.2) is 0 Å². The van der Waals surface area contributed by atoms with Crippen molar-refractivity contribution >= 4 is 5.78 Å². The molecule has 2 unspecified atom stereocenters. The minimum Gasteiger partial charge on any atom is -0.358 e. The van der Waals surface area contributed by atoms with Crippen molar-refractivity contribution in [3.63, 3.8) is 0 Å². The van der Waals surface area contributed by atoms with E-state index in [4.69, 9.17) is 4.74 Å². The zero-order chi connectivity index (χ0) is 7.90. The standard InChI is InChI=1S/C9H14O2/c1-9-6-4-2-3-5-7(10)8(9)11-9/h8H,2-6H2,1H3. The molecule has 0 amide bonds. The van der Waals surface area contributed by atoms with Crippen molar-refractivity contribution in [3.8, 4) is 0 Å². The largest absolute Gasteiger partial charge is 0.358 e. The maximum atomic E-state index is 11.3. The number of ketones is 1. The Morgan fingerprint density at radius 1 is 1.45 bits per heavy atom. The first kappa shape index (κ1) is 7.29. The Kier molecular flexibility index (Phi) is 1.53.